The molecule has 0 aliphatic rings. The summed E-state index contributed by atoms with van der Waals surface area (Å²) in [7, 11) is 0. The van der Waals surface area contributed by atoms with Gasteiger partial charge in [-0.1, -0.05) is 18.2 Å². The van der Waals surface area contributed by atoms with E-state index in [9.17, 15) is 4.79 Å². The lowest BCUT2D eigenvalue weighted by Gasteiger charge is -2.08. The van der Waals surface area contributed by atoms with Crippen LogP contribution in [-0.2, 0) is 0 Å². The molecule has 0 saturated heterocycles. The molecule has 2 aromatic carbocycles. The number of aromatic amines is 1. The summed E-state index contributed by atoms with van der Waals surface area (Å²) in [6, 6.07) is 14.7. The Balaban J connectivity index is 1.95. The summed E-state index contributed by atoms with van der Waals surface area (Å²) in [6.45, 7) is 0. The fourth-order valence-electron chi connectivity index (χ4n) is 2.09. The Kier molecular flexibility index (Phi) is 2.68. The lowest BCUT2D eigenvalue weighted by Crippen LogP contribution is -2.13. The molecule has 1 aromatic heterocycles. The number of amides is 1. The number of aromatic nitrogens is 1. The molecule has 0 fully saturated rings. The van der Waals surface area contributed by atoms with Gasteiger partial charge >= 0.3 is 0 Å². The number of hydrogen-bond donors (Lipinski definition) is 3. The van der Waals surface area contributed by atoms with E-state index >= 15 is 0 Å². The fraction of sp³-hybridized carbons (Fsp3) is 0. The van der Waals surface area contributed by atoms with E-state index in [-0.39, 0.29) is 5.91 Å². The first-order valence-corrected chi connectivity index (χ1v) is 5.97. The third-order valence-corrected chi connectivity index (χ3v) is 3.05. The van der Waals surface area contributed by atoms with Gasteiger partial charge in [0.2, 0.25) is 0 Å². The van der Waals surface area contributed by atoms with Gasteiger partial charge in [-0.3, -0.25) is 4.79 Å². The van der Waals surface area contributed by atoms with Crippen LogP contribution >= 0.6 is 0 Å². The molecule has 0 radical (unpaired) electrons. The molecule has 3 rings (SSSR count). The molecule has 0 saturated carbocycles. The van der Waals surface area contributed by atoms with Crippen molar-refractivity contribution in [2.24, 2.45) is 0 Å². The van der Waals surface area contributed by atoms with Gasteiger partial charge in [-0.05, 0) is 30.3 Å². The number of fused-ring (bicyclic) bond motifs is 1. The highest BCUT2D eigenvalue weighted by molar-refractivity contribution is 6.11. The fourth-order valence-corrected chi connectivity index (χ4v) is 2.09. The molecule has 0 bridgehead atoms. The van der Waals surface area contributed by atoms with E-state index in [2.05, 4.69) is 10.3 Å². The maximum Gasteiger partial charge on any atom is 0.257 e. The van der Waals surface area contributed by atoms with Gasteiger partial charge in [0.1, 0.15) is 0 Å². The van der Waals surface area contributed by atoms with Gasteiger partial charge in [0.15, 0.2) is 0 Å². The number of carbonyl (C=O) groups excluding carboxylic acids is 1. The van der Waals surface area contributed by atoms with Crippen LogP contribution in [0.5, 0.6) is 0 Å². The number of nitrogen functional groups attached to an aromatic ring is 1. The van der Waals surface area contributed by atoms with Crippen molar-refractivity contribution in [1.29, 1.82) is 0 Å². The van der Waals surface area contributed by atoms with E-state index < -0.39 is 0 Å². The van der Waals surface area contributed by atoms with Gasteiger partial charge in [0.05, 0.1) is 11.3 Å². The Hall–Kier alpha value is -2.75. The van der Waals surface area contributed by atoms with Gasteiger partial charge in [-0.2, -0.15) is 0 Å². The van der Waals surface area contributed by atoms with Crippen LogP contribution in [0.2, 0.25) is 0 Å². The van der Waals surface area contributed by atoms with E-state index in [1.165, 1.54) is 0 Å². The predicted octanol–water partition coefficient (Wildman–Crippen LogP) is 3.00. The number of para-hydroxylation sites is 1. The van der Waals surface area contributed by atoms with Crippen molar-refractivity contribution in [1.82, 2.24) is 4.98 Å². The summed E-state index contributed by atoms with van der Waals surface area (Å²) in [4.78, 5) is 15.3. The molecular weight excluding hydrogens is 238 g/mol. The minimum atomic E-state index is -0.202. The molecule has 4 heteroatoms. The van der Waals surface area contributed by atoms with E-state index in [0.29, 0.717) is 11.3 Å². The zero-order valence-corrected chi connectivity index (χ0v) is 10.2. The van der Waals surface area contributed by atoms with Gasteiger partial charge in [-0.15, -0.1) is 0 Å². The quantitative estimate of drug-likeness (QED) is 0.613. The lowest BCUT2D eigenvalue weighted by molar-refractivity contribution is 0.102. The molecule has 1 heterocycles. The zero-order valence-electron chi connectivity index (χ0n) is 10.2. The highest BCUT2D eigenvalue weighted by atomic mass is 16.1. The number of anilines is 2. The molecule has 4 N–H and O–H groups in total. The van der Waals surface area contributed by atoms with Crippen LogP contribution in [0.25, 0.3) is 10.9 Å². The third-order valence-electron chi connectivity index (χ3n) is 3.05. The number of nitrogens with two attached hydrogens (primary N) is 1. The average Bonchev–Trinajstić information content (AvgIpc) is 2.88. The van der Waals surface area contributed by atoms with Crippen molar-refractivity contribution in [3.8, 4) is 0 Å². The highest BCUT2D eigenvalue weighted by Gasteiger charge is 2.10. The number of nitrogens with one attached hydrogen (secondary N) is 2. The maximum atomic E-state index is 12.2. The summed E-state index contributed by atoms with van der Waals surface area (Å²) in [5.41, 5.74) is 8.51. The second-order valence-corrected chi connectivity index (χ2v) is 4.29. The second kappa shape index (κ2) is 4.49. The molecule has 94 valence electrons. The molecule has 0 aliphatic heterocycles. The first-order valence-electron chi connectivity index (χ1n) is 5.97. The lowest BCUT2D eigenvalue weighted by atomic mass is 10.1. The van der Waals surface area contributed by atoms with Crippen molar-refractivity contribution < 1.29 is 4.79 Å². The predicted molar refractivity (Wildman–Crippen MR) is 77.1 cm³/mol. The molecule has 0 unspecified atom stereocenters. The number of rotatable bonds is 2. The Morgan fingerprint density at radius 3 is 2.74 bits per heavy atom. The number of carbonyl (C=O) groups is 1. The molecule has 19 heavy (non-hydrogen) atoms. The van der Waals surface area contributed by atoms with Gasteiger partial charge in [0.25, 0.3) is 5.91 Å². The van der Waals surface area contributed by atoms with E-state index in [1.54, 1.807) is 24.3 Å². The van der Waals surface area contributed by atoms with Crippen molar-refractivity contribution in [2.45, 2.75) is 0 Å². The van der Waals surface area contributed by atoms with Crippen LogP contribution in [-0.4, -0.2) is 10.9 Å². The Labute approximate surface area is 110 Å². The van der Waals surface area contributed by atoms with Crippen LogP contribution in [0.1, 0.15) is 10.4 Å². The Bertz CT molecular complexity index is 746. The van der Waals surface area contributed by atoms with Crippen LogP contribution < -0.4 is 11.1 Å². The van der Waals surface area contributed by atoms with Crippen LogP contribution in [0, 0.1) is 0 Å². The molecule has 0 atom stereocenters. The largest absolute Gasteiger partial charge is 0.398 e. The van der Waals surface area contributed by atoms with Gasteiger partial charge < -0.3 is 16.0 Å². The van der Waals surface area contributed by atoms with Crippen molar-refractivity contribution in [2.75, 3.05) is 11.1 Å². The van der Waals surface area contributed by atoms with Gasteiger partial charge in [-0.25, -0.2) is 0 Å². The summed E-state index contributed by atoms with van der Waals surface area (Å²) in [5.74, 6) is -0.202. The van der Waals surface area contributed by atoms with Crippen LogP contribution in [0.4, 0.5) is 11.4 Å². The first-order chi connectivity index (χ1) is 9.25. The number of hydrogen-bond acceptors (Lipinski definition) is 2. The average molecular weight is 251 g/mol. The number of benzene rings is 2. The first kappa shape index (κ1) is 11.3. The molecule has 0 aliphatic carbocycles. The normalized spacial score (nSPS) is 10.5. The van der Waals surface area contributed by atoms with Gasteiger partial charge in [0, 0.05) is 22.8 Å². The summed E-state index contributed by atoms with van der Waals surface area (Å²) in [6.07, 6.45) is 1.84. The summed E-state index contributed by atoms with van der Waals surface area (Å²) < 4.78 is 0. The molecule has 0 spiro atoms. The number of H-pyrrole nitrogens is 1. The smallest absolute Gasteiger partial charge is 0.257 e. The second-order valence-electron chi connectivity index (χ2n) is 4.29. The van der Waals surface area contributed by atoms with Crippen molar-refractivity contribution >= 4 is 28.2 Å². The van der Waals surface area contributed by atoms with Crippen LogP contribution in [0.3, 0.4) is 0 Å². The summed E-state index contributed by atoms with van der Waals surface area (Å²) >= 11 is 0. The van der Waals surface area contributed by atoms with Crippen molar-refractivity contribution in [3.05, 3.63) is 60.3 Å². The Morgan fingerprint density at radius 2 is 1.89 bits per heavy atom. The van der Waals surface area contributed by atoms with E-state index in [1.807, 2.05) is 30.5 Å². The molecular formula is C15H13N3O. The van der Waals surface area contributed by atoms with Crippen LogP contribution in [0.15, 0.2) is 54.7 Å². The van der Waals surface area contributed by atoms with E-state index in [4.69, 9.17) is 5.73 Å². The molecule has 1 amide bonds. The minimum Gasteiger partial charge on any atom is -0.398 e. The standard InChI is InChI=1S/C15H13N3O/c16-12-5-2-1-4-10(12)15(19)18-14-7-3-6-13-11(14)8-9-17-13/h1-9,17H,16H2,(H,18,19). The minimum absolute atomic E-state index is 0.202. The van der Waals surface area contributed by atoms with E-state index in [0.717, 1.165) is 16.6 Å². The topological polar surface area (TPSA) is 70.9 Å². The summed E-state index contributed by atoms with van der Waals surface area (Å²) in [5, 5.41) is 3.87. The zero-order chi connectivity index (χ0) is 13.2. The molecule has 3 aromatic rings. The molecule has 4 nitrogen and oxygen atoms in total. The highest BCUT2D eigenvalue weighted by Crippen LogP contribution is 2.23. The van der Waals surface area contributed by atoms with Crippen molar-refractivity contribution in [3.63, 3.8) is 0 Å². The monoisotopic (exact) mass is 251 g/mol. The Morgan fingerprint density at radius 1 is 1.05 bits per heavy atom. The maximum absolute atomic E-state index is 12.2. The third kappa shape index (κ3) is 2.04. The SMILES string of the molecule is Nc1ccccc1C(=O)Nc1cccc2[nH]ccc12.